The molecule has 0 saturated carbocycles. The SMILES string of the molecule is CC(=O)O[C@@H]1[C@@H](OC(C)=O)[C@H](C)O[C@@H](O[C@H]2[C@H](OC/C=C(\C)CC/C=C(\C)CC/C=C(\C)CCCC(C)C)O[C@H](CO[C@@H]3O[C@@H](C)[C@H](O)[C@@H](O)[C@H]3O)[C@@H](O)[C@@H]2O)[C@@H]1OC(C)=O. The Balaban J connectivity index is 1.78. The Morgan fingerprint density at radius 1 is 0.557 bits per heavy atom. The van der Waals surface area contributed by atoms with Crippen LogP contribution in [-0.2, 0) is 57.0 Å². The second-order valence-corrected chi connectivity index (χ2v) is 16.9. The van der Waals surface area contributed by atoms with Crippen molar-refractivity contribution in [1.29, 1.82) is 0 Å². The molecule has 0 aliphatic carbocycles. The molecule has 17 heteroatoms. The van der Waals surface area contributed by atoms with Crippen molar-refractivity contribution in [2.24, 2.45) is 5.92 Å². The van der Waals surface area contributed by atoms with Crippen molar-refractivity contribution < 1.29 is 82.5 Å². The highest BCUT2D eigenvalue weighted by Gasteiger charge is 2.55. The maximum atomic E-state index is 12.3. The van der Waals surface area contributed by atoms with E-state index in [0.29, 0.717) is 5.92 Å². The van der Waals surface area contributed by atoms with Gasteiger partial charge in [0.15, 0.2) is 37.2 Å². The molecule has 3 rings (SSSR count). The van der Waals surface area contributed by atoms with E-state index in [-0.39, 0.29) is 6.61 Å². The monoisotopic (exact) mass is 872 g/mol. The number of allylic oxidation sites excluding steroid dienone is 5. The van der Waals surface area contributed by atoms with Gasteiger partial charge in [-0.2, -0.15) is 0 Å². The van der Waals surface area contributed by atoms with Gasteiger partial charge in [0.05, 0.1) is 25.4 Å². The van der Waals surface area contributed by atoms with Gasteiger partial charge >= 0.3 is 17.9 Å². The summed E-state index contributed by atoms with van der Waals surface area (Å²) in [4.78, 5) is 36.6. The van der Waals surface area contributed by atoms with Crippen LogP contribution in [0, 0.1) is 5.92 Å². The van der Waals surface area contributed by atoms with Crippen LogP contribution in [0.5, 0.6) is 0 Å². The Hall–Kier alpha value is -2.81. The summed E-state index contributed by atoms with van der Waals surface area (Å²) in [5.74, 6) is -1.59. The summed E-state index contributed by atoms with van der Waals surface area (Å²) < 4.78 is 52.0. The van der Waals surface area contributed by atoms with Crippen LogP contribution in [0.3, 0.4) is 0 Å². The first-order valence-electron chi connectivity index (χ1n) is 21.4. The van der Waals surface area contributed by atoms with Gasteiger partial charge in [-0.3, -0.25) is 14.4 Å². The van der Waals surface area contributed by atoms with E-state index in [2.05, 4.69) is 39.8 Å². The first-order chi connectivity index (χ1) is 28.7. The van der Waals surface area contributed by atoms with Gasteiger partial charge in [-0.05, 0) is 79.1 Å². The molecule has 0 aromatic carbocycles. The molecule has 0 radical (unpaired) electrons. The number of carbonyl (C=O) groups is 3. The molecule has 3 saturated heterocycles. The Morgan fingerprint density at radius 3 is 1.69 bits per heavy atom. The minimum absolute atomic E-state index is 0.0255. The van der Waals surface area contributed by atoms with Crippen molar-refractivity contribution in [2.45, 2.75) is 206 Å². The van der Waals surface area contributed by atoms with Crippen LogP contribution >= 0.6 is 0 Å². The first kappa shape index (κ1) is 52.5. The molecule has 61 heavy (non-hydrogen) atoms. The normalized spacial score (nSPS) is 35.2. The van der Waals surface area contributed by atoms with E-state index in [1.165, 1.54) is 37.8 Å². The second kappa shape index (κ2) is 25.5. The Bertz CT molecular complexity index is 1480. The van der Waals surface area contributed by atoms with E-state index in [0.717, 1.165) is 58.4 Å². The van der Waals surface area contributed by atoms with Gasteiger partial charge < -0.3 is 68.2 Å². The highest BCUT2D eigenvalue weighted by molar-refractivity contribution is 5.68. The van der Waals surface area contributed by atoms with Crippen molar-refractivity contribution in [3.63, 3.8) is 0 Å². The summed E-state index contributed by atoms with van der Waals surface area (Å²) in [7, 11) is 0. The fourth-order valence-electron chi connectivity index (χ4n) is 7.37. The molecule has 15 atom stereocenters. The summed E-state index contributed by atoms with van der Waals surface area (Å²) in [6, 6.07) is 0. The Kier molecular flexibility index (Phi) is 21.9. The molecule has 0 unspecified atom stereocenters. The number of ether oxygens (including phenoxy) is 9. The van der Waals surface area contributed by atoms with Crippen molar-refractivity contribution in [1.82, 2.24) is 0 Å². The molecule has 3 aliphatic rings. The third kappa shape index (κ3) is 16.7. The predicted octanol–water partition coefficient (Wildman–Crippen LogP) is 3.44. The van der Waals surface area contributed by atoms with E-state index >= 15 is 0 Å². The average Bonchev–Trinajstić information content (AvgIpc) is 3.17. The van der Waals surface area contributed by atoms with Gasteiger partial charge in [-0.15, -0.1) is 0 Å². The highest BCUT2D eigenvalue weighted by Crippen LogP contribution is 2.34. The summed E-state index contributed by atoms with van der Waals surface area (Å²) in [6.45, 7) is 16.7. The lowest BCUT2D eigenvalue weighted by atomic mass is 9.97. The maximum Gasteiger partial charge on any atom is 0.303 e. The number of aliphatic hydroxyl groups is 5. The summed E-state index contributed by atoms with van der Waals surface area (Å²) in [5.41, 5.74) is 3.75. The van der Waals surface area contributed by atoms with Crippen molar-refractivity contribution in [3.05, 3.63) is 34.9 Å². The number of hydrogen-bond donors (Lipinski definition) is 5. The number of carbonyl (C=O) groups excluding carboxylic acids is 3. The molecule has 0 amide bonds. The molecule has 3 fully saturated rings. The van der Waals surface area contributed by atoms with E-state index in [1.54, 1.807) is 0 Å². The van der Waals surface area contributed by atoms with Crippen LogP contribution < -0.4 is 0 Å². The lowest BCUT2D eigenvalue weighted by Gasteiger charge is -2.47. The third-order valence-electron chi connectivity index (χ3n) is 10.9. The van der Waals surface area contributed by atoms with E-state index in [1.807, 2.05) is 13.0 Å². The van der Waals surface area contributed by atoms with Gasteiger partial charge in [0.2, 0.25) is 0 Å². The van der Waals surface area contributed by atoms with Crippen LogP contribution in [0.2, 0.25) is 0 Å². The largest absolute Gasteiger partial charge is 0.456 e. The Labute approximate surface area is 360 Å². The smallest absolute Gasteiger partial charge is 0.303 e. The fraction of sp³-hybridized carbons (Fsp3) is 0.795. The maximum absolute atomic E-state index is 12.3. The van der Waals surface area contributed by atoms with Crippen molar-refractivity contribution >= 4 is 17.9 Å². The molecule has 17 nitrogen and oxygen atoms in total. The third-order valence-corrected chi connectivity index (χ3v) is 10.9. The lowest BCUT2D eigenvalue weighted by Crippen LogP contribution is -2.65. The predicted molar refractivity (Wildman–Crippen MR) is 219 cm³/mol. The zero-order valence-electron chi connectivity index (χ0n) is 37.5. The number of rotatable bonds is 21. The topological polar surface area (TPSA) is 235 Å². The van der Waals surface area contributed by atoms with Crippen molar-refractivity contribution in [3.8, 4) is 0 Å². The lowest BCUT2D eigenvalue weighted by molar-refractivity contribution is -0.369. The van der Waals surface area contributed by atoms with E-state index < -0.39 is 117 Å². The van der Waals surface area contributed by atoms with Crippen LogP contribution in [0.15, 0.2) is 34.9 Å². The second-order valence-electron chi connectivity index (χ2n) is 16.9. The van der Waals surface area contributed by atoms with Crippen molar-refractivity contribution in [2.75, 3.05) is 13.2 Å². The number of esters is 3. The summed E-state index contributed by atoms with van der Waals surface area (Å²) in [6.07, 6.45) is -7.79. The zero-order valence-corrected chi connectivity index (χ0v) is 37.5. The molecule has 5 N–H and O–H groups in total. The van der Waals surface area contributed by atoms with Crippen LogP contribution in [-0.4, -0.2) is 149 Å². The average molecular weight is 873 g/mol. The molecule has 3 aliphatic heterocycles. The number of hydrogen-bond acceptors (Lipinski definition) is 17. The van der Waals surface area contributed by atoms with Gasteiger partial charge in [-0.1, -0.05) is 55.2 Å². The number of aliphatic hydroxyl groups excluding tert-OH is 5. The molecule has 0 bridgehead atoms. The molecule has 3 heterocycles. The molecule has 0 aromatic rings. The molecular weight excluding hydrogens is 800 g/mol. The Morgan fingerprint density at radius 2 is 1.10 bits per heavy atom. The van der Waals surface area contributed by atoms with Gasteiger partial charge in [0.25, 0.3) is 0 Å². The van der Waals surface area contributed by atoms with Gasteiger partial charge in [-0.25, -0.2) is 0 Å². The van der Waals surface area contributed by atoms with Crippen LogP contribution in [0.1, 0.15) is 114 Å². The molecular formula is C44H72O17. The summed E-state index contributed by atoms with van der Waals surface area (Å²) in [5, 5.41) is 53.7. The zero-order chi connectivity index (χ0) is 45.6. The highest BCUT2D eigenvalue weighted by atomic mass is 16.8. The molecule has 350 valence electrons. The fourth-order valence-corrected chi connectivity index (χ4v) is 7.37. The van der Waals surface area contributed by atoms with Gasteiger partial charge in [0, 0.05) is 20.8 Å². The minimum Gasteiger partial charge on any atom is -0.456 e. The molecule has 0 aromatic heterocycles. The van der Waals surface area contributed by atoms with E-state index in [9.17, 15) is 39.9 Å². The van der Waals surface area contributed by atoms with Crippen LogP contribution in [0.4, 0.5) is 0 Å². The first-order valence-corrected chi connectivity index (χ1v) is 21.4. The quantitative estimate of drug-likeness (QED) is 0.0631. The standard InChI is InChI=1S/C44H72O17/c1-23(2)14-11-15-24(3)16-12-17-25(4)18-13-19-26(5)20-21-53-43-39(36(51)34(49)32(60-43)22-54-42-37(52)35(50)33(48)27(6)55-42)61-44-41(59-31(10)47)40(58-30(9)46)38(28(7)56-44)57-29(8)45/h16,18,20,23,27-28,32-44,48-52H,11-15,17,19,21-22H2,1-10H3/b24-16+,25-18+,26-20+/t27-,28-,32+,33-,34+,35+,36-,37+,38-,39+,40+,41+,42+,43+,44-/m0/s1. The van der Waals surface area contributed by atoms with Crippen LogP contribution in [0.25, 0.3) is 0 Å². The van der Waals surface area contributed by atoms with Gasteiger partial charge in [0.1, 0.15) is 42.7 Å². The minimum atomic E-state index is -1.76. The van der Waals surface area contributed by atoms with E-state index in [4.69, 9.17) is 42.6 Å². The molecule has 0 spiro atoms. The summed E-state index contributed by atoms with van der Waals surface area (Å²) >= 11 is 0.